The van der Waals surface area contributed by atoms with Gasteiger partial charge in [0, 0.05) is 36.8 Å². The molecule has 0 aromatic heterocycles. The maximum Gasteiger partial charge on any atom is 0.258 e. The van der Waals surface area contributed by atoms with Crippen LogP contribution in [0.4, 0.5) is 0 Å². The fourth-order valence-corrected chi connectivity index (χ4v) is 3.64. The molecule has 2 aromatic carbocycles. The molecule has 4 bridgehead atoms. The van der Waals surface area contributed by atoms with E-state index < -0.39 is 0 Å². The van der Waals surface area contributed by atoms with Crippen LogP contribution in [0.1, 0.15) is 15.9 Å². The van der Waals surface area contributed by atoms with Gasteiger partial charge in [0.25, 0.3) is 11.8 Å². The molecule has 1 fully saturated rings. The third-order valence-corrected chi connectivity index (χ3v) is 5.27. The summed E-state index contributed by atoms with van der Waals surface area (Å²) >= 11 is 0. The van der Waals surface area contributed by atoms with Gasteiger partial charge >= 0.3 is 0 Å². The Morgan fingerprint density at radius 1 is 1.00 bits per heavy atom. The average molecular weight is 427 g/mol. The van der Waals surface area contributed by atoms with E-state index in [1.807, 2.05) is 12.1 Å². The van der Waals surface area contributed by atoms with Gasteiger partial charge in [0.2, 0.25) is 0 Å². The molecule has 3 aliphatic heterocycles. The van der Waals surface area contributed by atoms with Gasteiger partial charge in [-0.1, -0.05) is 0 Å². The van der Waals surface area contributed by atoms with Gasteiger partial charge in [-0.3, -0.25) is 9.59 Å². The van der Waals surface area contributed by atoms with Crippen molar-refractivity contribution in [1.29, 1.82) is 0 Å². The first kappa shape index (κ1) is 20.8. The number of hydrogen-bond donors (Lipinski definition) is 3. The molecule has 9 nitrogen and oxygen atoms in total. The number of amides is 2. The van der Waals surface area contributed by atoms with Crippen molar-refractivity contribution in [2.45, 2.75) is 18.7 Å². The molecule has 2 atom stereocenters. The summed E-state index contributed by atoms with van der Waals surface area (Å²) in [6.45, 7) is 1.25. The summed E-state index contributed by atoms with van der Waals surface area (Å²) in [5, 5.41) is 9.05. The number of carbonyl (C=O) groups is 2. The summed E-state index contributed by atoms with van der Waals surface area (Å²) in [7, 11) is 3.07. The molecule has 3 aliphatic rings. The molecule has 9 heteroatoms. The molecule has 0 aliphatic carbocycles. The zero-order valence-electron chi connectivity index (χ0n) is 17.4. The first-order valence-corrected chi connectivity index (χ1v) is 10.00. The predicted octanol–water partition coefficient (Wildman–Crippen LogP) is 0.862. The summed E-state index contributed by atoms with van der Waals surface area (Å²) in [6, 6.07) is 10.1. The largest absolute Gasteiger partial charge is 0.496 e. The van der Waals surface area contributed by atoms with Crippen LogP contribution in [0.15, 0.2) is 36.4 Å². The van der Waals surface area contributed by atoms with Crippen LogP contribution in [-0.2, 0) is 11.3 Å². The minimum absolute atomic E-state index is 0.214. The van der Waals surface area contributed by atoms with E-state index in [0.29, 0.717) is 41.7 Å². The lowest BCUT2D eigenvalue weighted by Crippen LogP contribution is -2.46. The molecule has 5 rings (SSSR count). The average Bonchev–Trinajstić information content (AvgIpc) is 3.21. The van der Waals surface area contributed by atoms with Gasteiger partial charge in [-0.05, 0) is 30.3 Å². The van der Waals surface area contributed by atoms with Crippen molar-refractivity contribution in [1.82, 2.24) is 16.0 Å². The Bertz CT molecular complexity index is 980. The molecule has 2 aromatic rings. The zero-order chi connectivity index (χ0) is 21.8. The van der Waals surface area contributed by atoms with Crippen molar-refractivity contribution in [3.8, 4) is 23.0 Å². The highest BCUT2D eigenvalue weighted by molar-refractivity contribution is 5.95. The Balaban J connectivity index is 1.66. The van der Waals surface area contributed by atoms with E-state index in [4.69, 9.17) is 18.9 Å². The maximum absolute atomic E-state index is 12.7. The molecule has 3 heterocycles. The van der Waals surface area contributed by atoms with Crippen LogP contribution in [-0.4, -0.2) is 57.9 Å². The molecule has 3 N–H and O–H groups in total. The van der Waals surface area contributed by atoms with Crippen molar-refractivity contribution < 1.29 is 28.5 Å². The van der Waals surface area contributed by atoms with E-state index in [1.54, 1.807) is 31.4 Å². The number of methoxy groups -OCH3 is 2. The summed E-state index contributed by atoms with van der Waals surface area (Å²) in [5.41, 5.74) is 1.20. The Hall–Kier alpha value is -3.46. The van der Waals surface area contributed by atoms with Gasteiger partial charge in [0.1, 0.15) is 17.6 Å². The monoisotopic (exact) mass is 427 g/mol. The Labute approximate surface area is 180 Å². The van der Waals surface area contributed by atoms with E-state index in [9.17, 15) is 9.59 Å². The van der Waals surface area contributed by atoms with Crippen molar-refractivity contribution in [3.63, 3.8) is 0 Å². The Morgan fingerprint density at radius 3 is 2.65 bits per heavy atom. The van der Waals surface area contributed by atoms with Crippen LogP contribution in [0.5, 0.6) is 23.0 Å². The quantitative estimate of drug-likeness (QED) is 0.653. The smallest absolute Gasteiger partial charge is 0.258 e. The lowest BCUT2D eigenvalue weighted by molar-refractivity contribution is -0.124. The van der Waals surface area contributed by atoms with Gasteiger partial charge in [-0.2, -0.15) is 0 Å². The topological polar surface area (TPSA) is 107 Å². The molecular formula is C22H25N3O6. The highest BCUT2D eigenvalue weighted by Crippen LogP contribution is 2.29. The SMILES string of the molecule is COc1cc2ccc1CNC(=O)c1ccc(OC)c(c1)OCC(=O)N[C@@H]1CNC[C@H]1O2. The Kier molecular flexibility index (Phi) is 6.13. The molecular weight excluding hydrogens is 402 g/mol. The lowest BCUT2D eigenvalue weighted by atomic mass is 10.1. The highest BCUT2D eigenvalue weighted by Gasteiger charge is 2.30. The second-order valence-corrected chi connectivity index (χ2v) is 7.30. The molecule has 164 valence electrons. The van der Waals surface area contributed by atoms with Crippen LogP contribution >= 0.6 is 0 Å². The molecule has 0 spiro atoms. The van der Waals surface area contributed by atoms with Crippen molar-refractivity contribution in [3.05, 3.63) is 47.5 Å². The summed E-state index contributed by atoms with van der Waals surface area (Å²) in [4.78, 5) is 25.2. The number of rotatable bonds is 2. The second-order valence-electron chi connectivity index (χ2n) is 7.30. The van der Waals surface area contributed by atoms with Crippen LogP contribution in [0.25, 0.3) is 0 Å². The van der Waals surface area contributed by atoms with Crippen LogP contribution < -0.4 is 34.9 Å². The van der Waals surface area contributed by atoms with Crippen molar-refractivity contribution in [2.24, 2.45) is 0 Å². The van der Waals surface area contributed by atoms with Gasteiger partial charge in [-0.25, -0.2) is 0 Å². The number of nitrogens with one attached hydrogen (secondary N) is 3. The number of carbonyl (C=O) groups excluding carboxylic acids is 2. The van der Waals surface area contributed by atoms with E-state index in [-0.39, 0.29) is 37.1 Å². The van der Waals surface area contributed by atoms with Gasteiger partial charge in [-0.15, -0.1) is 0 Å². The first-order chi connectivity index (χ1) is 15.1. The minimum atomic E-state index is -0.295. The van der Waals surface area contributed by atoms with Crippen molar-refractivity contribution in [2.75, 3.05) is 33.9 Å². The first-order valence-electron chi connectivity index (χ1n) is 10.00. The Morgan fingerprint density at radius 2 is 1.84 bits per heavy atom. The summed E-state index contributed by atoms with van der Waals surface area (Å²) < 4.78 is 22.5. The third kappa shape index (κ3) is 4.66. The number of ether oxygens (including phenoxy) is 4. The predicted molar refractivity (Wildman–Crippen MR) is 112 cm³/mol. The number of fused-ring (bicyclic) bond motifs is 7. The fraction of sp³-hybridized carbons (Fsp3) is 0.364. The second kappa shape index (κ2) is 9.13. The van der Waals surface area contributed by atoms with E-state index in [0.717, 1.165) is 5.56 Å². The standard InChI is InChI=1S/C22H25N3O6/c1-28-17-6-4-13-7-19(17)30-12-21(26)25-16-10-23-11-20(16)31-15-5-3-14(9-24-22(13)27)18(8-15)29-2/h3-8,16,20,23H,9-12H2,1-2H3,(H,24,27)(H,25,26)/t16-,20-/m1/s1. The van der Waals surface area contributed by atoms with Gasteiger partial charge in [0.15, 0.2) is 18.1 Å². The molecule has 0 radical (unpaired) electrons. The molecule has 1 saturated heterocycles. The molecule has 31 heavy (non-hydrogen) atoms. The van der Waals surface area contributed by atoms with Crippen LogP contribution in [0.3, 0.4) is 0 Å². The van der Waals surface area contributed by atoms with Crippen LogP contribution in [0, 0.1) is 0 Å². The molecule has 0 saturated carbocycles. The zero-order valence-corrected chi connectivity index (χ0v) is 17.4. The lowest BCUT2D eigenvalue weighted by Gasteiger charge is -2.22. The van der Waals surface area contributed by atoms with E-state index in [1.165, 1.54) is 7.11 Å². The van der Waals surface area contributed by atoms with Crippen LogP contribution in [0.2, 0.25) is 0 Å². The molecule has 0 unspecified atom stereocenters. The normalized spacial score (nSPS) is 21.1. The summed E-state index contributed by atoms with van der Waals surface area (Å²) in [5.74, 6) is 1.39. The van der Waals surface area contributed by atoms with Gasteiger partial charge in [0.05, 0.1) is 20.3 Å². The minimum Gasteiger partial charge on any atom is -0.496 e. The van der Waals surface area contributed by atoms with Crippen molar-refractivity contribution >= 4 is 11.8 Å². The highest BCUT2D eigenvalue weighted by atomic mass is 16.5. The molecule has 2 amide bonds. The van der Waals surface area contributed by atoms with Gasteiger partial charge < -0.3 is 34.9 Å². The maximum atomic E-state index is 12.7. The fourth-order valence-electron chi connectivity index (χ4n) is 3.64. The van der Waals surface area contributed by atoms with E-state index >= 15 is 0 Å². The van der Waals surface area contributed by atoms with E-state index in [2.05, 4.69) is 16.0 Å². The summed E-state index contributed by atoms with van der Waals surface area (Å²) in [6.07, 6.45) is -0.243. The number of hydrogen-bond acceptors (Lipinski definition) is 7. The number of benzene rings is 2. The third-order valence-electron chi connectivity index (χ3n) is 5.27.